The summed E-state index contributed by atoms with van der Waals surface area (Å²) < 4.78 is 6.23. The van der Waals surface area contributed by atoms with Gasteiger partial charge in [0.1, 0.15) is 6.04 Å². The molecular weight excluding hydrogens is 364 g/mol. The van der Waals surface area contributed by atoms with Gasteiger partial charge in [0.2, 0.25) is 5.78 Å². The number of hydrogen-bond acceptors (Lipinski definition) is 6. The Labute approximate surface area is 162 Å². The Balaban J connectivity index is 2.02. The number of rotatable bonds is 6. The highest BCUT2D eigenvalue weighted by Crippen LogP contribution is 2.13. The second-order valence-corrected chi connectivity index (χ2v) is 6.44. The van der Waals surface area contributed by atoms with Crippen molar-refractivity contribution in [3.05, 3.63) is 48.0 Å². The first-order valence-corrected chi connectivity index (χ1v) is 8.56. The minimum atomic E-state index is -0.961. The summed E-state index contributed by atoms with van der Waals surface area (Å²) in [4.78, 5) is 52.2. The molecule has 0 saturated carbocycles. The Hall–Kier alpha value is -3.49. The largest absolute Gasteiger partial charge is 0.467 e. The molecule has 0 aliphatic carbocycles. The van der Waals surface area contributed by atoms with Gasteiger partial charge in [-0.05, 0) is 30.2 Å². The Morgan fingerprint density at radius 2 is 1.71 bits per heavy atom. The third-order valence-electron chi connectivity index (χ3n) is 4.04. The van der Waals surface area contributed by atoms with Crippen LogP contribution in [0.15, 0.2) is 36.7 Å². The molecule has 28 heavy (non-hydrogen) atoms. The number of carbonyl (C=O) groups is 4. The number of ketones is 1. The zero-order valence-corrected chi connectivity index (χ0v) is 16.1. The molecule has 0 spiro atoms. The first kappa shape index (κ1) is 20.8. The van der Waals surface area contributed by atoms with E-state index in [0.717, 1.165) is 0 Å². The Kier molecular flexibility index (Phi) is 6.64. The van der Waals surface area contributed by atoms with Gasteiger partial charge in [-0.25, -0.2) is 9.78 Å². The number of nitrogens with one attached hydrogen (secondary N) is 2. The highest BCUT2D eigenvalue weighted by molar-refractivity contribution is 6.40. The lowest BCUT2D eigenvalue weighted by atomic mass is 10.0. The minimum absolute atomic E-state index is 0.249. The van der Waals surface area contributed by atoms with Crippen LogP contribution >= 0.6 is 0 Å². The summed E-state index contributed by atoms with van der Waals surface area (Å²) in [6, 6.07) is 5.12. The summed E-state index contributed by atoms with van der Waals surface area (Å²) in [6.07, 6.45) is 3.19. The molecule has 0 bridgehead atoms. The molecule has 2 aromatic rings. The maximum Gasteiger partial charge on any atom is 0.328 e. The third kappa shape index (κ3) is 4.81. The molecule has 2 N–H and O–H groups in total. The van der Waals surface area contributed by atoms with Crippen molar-refractivity contribution in [2.75, 3.05) is 12.4 Å². The molecule has 0 aliphatic rings. The van der Waals surface area contributed by atoms with Crippen LogP contribution in [0.4, 0.5) is 5.69 Å². The van der Waals surface area contributed by atoms with Crippen LogP contribution in [0.1, 0.15) is 30.0 Å². The lowest BCUT2D eigenvalue weighted by Gasteiger charge is -2.19. The van der Waals surface area contributed by atoms with E-state index in [-0.39, 0.29) is 11.7 Å². The van der Waals surface area contributed by atoms with E-state index in [9.17, 15) is 19.2 Å². The van der Waals surface area contributed by atoms with Crippen LogP contribution in [0.5, 0.6) is 0 Å². The van der Waals surface area contributed by atoms with Gasteiger partial charge in [-0.1, -0.05) is 13.8 Å². The van der Waals surface area contributed by atoms with Crippen molar-refractivity contribution in [2.24, 2.45) is 13.0 Å². The fourth-order valence-corrected chi connectivity index (χ4v) is 2.44. The summed E-state index contributed by atoms with van der Waals surface area (Å²) in [5, 5.41) is 4.77. The van der Waals surface area contributed by atoms with Gasteiger partial charge in [0.25, 0.3) is 0 Å². The van der Waals surface area contributed by atoms with Gasteiger partial charge in [0.15, 0.2) is 5.82 Å². The summed E-state index contributed by atoms with van der Waals surface area (Å²) >= 11 is 0. The molecule has 0 saturated heterocycles. The fourth-order valence-electron chi connectivity index (χ4n) is 2.44. The number of amides is 2. The molecular formula is C19H22N4O5. The second-order valence-electron chi connectivity index (χ2n) is 6.44. The first-order chi connectivity index (χ1) is 13.2. The van der Waals surface area contributed by atoms with Crippen molar-refractivity contribution >= 4 is 29.3 Å². The first-order valence-electron chi connectivity index (χ1n) is 8.56. The number of aromatic nitrogens is 2. The van der Waals surface area contributed by atoms with Crippen molar-refractivity contribution in [1.29, 1.82) is 0 Å². The van der Waals surface area contributed by atoms with Gasteiger partial charge in [-0.15, -0.1) is 0 Å². The lowest BCUT2D eigenvalue weighted by Crippen LogP contribution is -2.48. The van der Waals surface area contributed by atoms with E-state index < -0.39 is 23.8 Å². The normalized spacial score (nSPS) is 11.6. The molecule has 1 heterocycles. The highest BCUT2D eigenvalue weighted by atomic mass is 16.5. The van der Waals surface area contributed by atoms with Crippen LogP contribution in [0.2, 0.25) is 0 Å². The highest BCUT2D eigenvalue weighted by Gasteiger charge is 2.27. The summed E-state index contributed by atoms with van der Waals surface area (Å²) in [5.74, 6) is -2.75. The number of benzene rings is 1. The van der Waals surface area contributed by atoms with Crippen molar-refractivity contribution < 1.29 is 23.9 Å². The van der Waals surface area contributed by atoms with E-state index in [1.165, 1.54) is 37.6 Å². The number of methoxy groups -OCH3 is 1. The maximum atomic E-state index is 12.4. The summed E-state index contributed by atoms with van der Waals surface area (Å²) in [7, 11) is 2.92. The van der Waals surface area contributed by atoms with Crippen LogP contribution in [-0.2, 0) is 26.2 Å². The average molecular weight is 386 g/mol. The SMILES string of the molecule is COC(=O)[C@H](NC(=O)C(=O)Nc1ccc(C(=O)c2nccn2C)cc1)C(C)C. The second kappa shape index (κ2) is 8.94. The van der Waals surface area contributed by atoms with Crippen molar-refractivity contribution in [3.8, 4) is 0 Å². The molecule has 2 amide bonds. The molecule has 0 aliphatic heterocycles. The zero-order valence-electron chi connectivity index (χ0n) is 16.1. The van der Waals surface area contributed by atoms with Crippen LogP contribution in [0, 0.1) is 5.92 Å². The predicted molar refractivity (Wildman–Crippen MR) is 100 cm³/mol. The fraction of sp³-hybridized carbons (Fsp3) is 0.316. The number of aryl methyl sites for hydroxylation is 1. The number of nitrogens with zero attached hydrogens (tertiary/aromatic N) is 2. The van der Waals surface area contributed by atoms with Gasteiger partial charge >= 0.3 is 17.8 Å². The van der Waals surface area contributed by atoms with Crippen molar-refractivity contribution in [3.63, 3.8) is 0 Å². The molecule has 1 aromatic carbocycles. The monoisotopic (exact) mass is 386 g/mol. The smallest absolute Gasteiger partial charge is 0.328 e. The molecule has 0 unspecified atom stereocenters. The van der Waals surface area contributed by atoms with E-state index in [2.05, 4.69) is 20.4 Å². The molecule has 9 heteroatoms. The summed E-state index contributed by atoms with van der Waals surface area (Å²) in [5.41, 5.74) is 0.720. The maximum absolute atomic E-state index is 12.4. The molecule has 2 rings (SSSR count). The topological polar surface area (TPSA) is 119 Å². The van der Waals surface area contributed by atoms with Crippen LogP contribution < -0.4 is 10.6 Å². The molecule has 0 fully saturated rings. The Morgan fingerprint density at radius 1 is 1.07 bits per heavy atom. The minimum Gasteiger partial charge on any atom is -0.467 e. The number of esters is 1. The number of carbonyl (C=O) groups excluding carboxylic acids is 4. The van der Waals surface area contributed by atoms with Crippen LogP contribution in [0.3, 0.4) is 0 Å². The molecule has 1 aromatic heterocycles. The van der Waals surface area contributed by atoms with E-state index in [0.29, 0.717) is 17.1 Å². The standard InChI is InChI=1S/C19H22N4O5/c1-11(2)14(19(27)28-4)22-18(26)17(25)21-13-7-5-12(6-8-13)15(24)16-20-9-10-23(16)3/h5-11,14H,1-4H3,(H,21,25)(H,22,26)/t14-/m1/s1. The average Bonchev–Trinajstić information content (AvgIpc) is 3.10. The lowest BCUT2D eigenvalue weighted by molar-refractivity contribution is -0.147. The number of anilines is 1. The molecule has 1 atom stereocenters. The van der Waals surface area contributed by atoms with Crippen molar-refractivity contribution in [1.82, 2.24) is 14.9 Å². The molecule has 9 nitrogen and oxygen atoms in total. The molecule has 148 valence electrons. The van der Waals surface area contributed by atoms with E-state index in [1.807, 2.05) is 0 Å². The predicted octanol–water partition coefficient (Wildman–Crippen LogP) is 0.903. The van der Waals surface area contributed by atoms with Gasteiger partial charge in [-0.3, -0.25) is 14.4 Å². The number of ether oxygens (including phenoxy) is 1. The van der Waals surface area contributed by atoms with Gasteiger partial charge in [0.05, 0.1) is 7.11 Å². The molecule has 0 radical (unpaired) electrons. The quantitative estimate of drug-likeness (QED) is 0.433. The van der Waals surface area contributed by atoms with E-state index in [1.54, 1.807) is 31.7 Å². The van der Waals surface area contributed by atoms with E-state index in [4.69, 9.17) is 0 Å². The third-order valence-corrected chi connectivity index (χ3v) is 4.04. The van der Waals surface area contributed by atoms with Gasteiger partial charge in [0, 0.05) is 30.7 Å². The summed E-state index contributed by atoms with van der Waals surface area (Å²) in [6.45, 7) is 3.44. The van der Waals surface area contributed by atoms with Crippen molar-refractivity contribution in [2.45, 2.75) is 19.9 Å². The van der Waals surface area contributed by atoms with E-state index >= 15 is 0 Å². The Bertz CT molecular complexity index is 886. The van der Waals surface area contributed by atoms with Gasteiger partial charge < -0.3 is 19.9 Å². The van der Waals surface area contributed by atoms with Crippen LogP contribution in [0.25, 0.3) is 0 Å². The number of hydrogen-bond donors (Lipinski definition) is 2. The van der Waals surface area contributed by atoms with Gasteiger partial charge in [-0.2, -0.15) is 0 Å². The number of imidazole rings is 1. The van der Waals surface area contributed by atoms with Crippen LogP contribution in [-0.4, -0.2) is 46.3 Å². The zero-order chi connectivity index (χ0) is 20.8. The Morgan fingerprint density at radius 3 is 2.21 bits per heavy atom.